The molecule has 0 aliphatic rings. The number of amides is 1. The first-order valence-electron chi connectivity index (χ1n) is 9.29. The third-order valence-electron chi connectivity index (χ3n) is 4.25. The van der Waals surface area contributed by atoms with Gasteiger partial charge in [0.05, 0.1) is 16.3 Å². The van der Waals surface area contributed by atoms with Crippen molar-refractivity contribution in [1.29, 1.82) is 0 Å². The van der Waals surface area contributed by atoms with Crippen LogP contribution in [-0.4, -0.2) is 34.9 Å². The lowest BCUT2D eigenvalue weighted by atomic mass is 10.1. The number of nitrogens with zero attached hydrogens (tertiary/aromatic N) is 1. The first-order valence-corrected chi connectivity index (χ1v) is 11.9. The molecule has 0 aliphatic carbocycles. The SMILES string of the molecule is CSCC[C@@H](NC(=O)c1ccccc1Cl)C(=O)OCc1csc(-c2ccccc2)n1. The second-order valence-corrected chi connectivity index (χ2v) is 8.66. The Hall–Kier alpha value is -2.35. The number of halogens is 1. The predicted molar refractivity (Wildman–Crippen MR) is 123 cm³/mol. The number of aromatic nitrogens is 1. The molecule has 3 aromatic rings. The maximum absolute atomic E-state index is 12.6. The van der Waals surface area contributed by atoms with Crippen LogP contribution in [-0.2, 0) is 16.1 Å². The first-order chi connectivity index (χ1) is 14.6. The number of hydrogen-bond donors (Lipinski definition) is 1. The number of rotatable bonds is 9. The average molecular weight is 461 g/mol. The number of esters is 1. The standard InChI is InChI=1S/C22H21ClN2O3S2/c1-29-12-11-19(25-20(26)17-9-5-6-10-18(17)23)22(27)28-13-16-14-30-21(24-16)15-7-3-2-4-8-15/h2-10,14,19H,11-13H2,1H3,(H,25,26)/t19-/m1/s1. The Morgan fingerprint density at radius 3 is 2.63 bits per heavy atom. The van der Waals surface area contributed by atoms with Gasteiger partial charge in [0.25, 0.3) is 5.91 Å². The highest BCUT2D eigenvalue weighted by Gasteiger charge is 2.24. The Bertz CT molecular complexity index is 995. The molecule has 0 saturated carbocycles. The number of carbonyl (C=O) groups is 2. The minimum absolute atomic E-state index is 0.0555. The fourth-order valence-corrected chi connectivity index (χ4v) is 4.20. The van der Waals surface area contributed by atoms with Crippen molar-refractivity contribution in [2.24, 2.45) is 0 Å². The van der Waals surface area contributed by atoms with Crippen molar-refractivity contribution in [2.75, 3.05) is 12.0 Å². The monoisotopic (exact) mass is 460 g/mol. The van der Waals surface area contributed by atoms with Crippen molar-refractivity contribution in [3.05, 3.63) is 76.3 Å². The van der Waals surface area contributed by atoms with E-state index in [0.717, 1.165) is 10.6 Å². The number of carbonyl (C=O) groups excluding carboxylic acids is 2. The number of nitrogens with one attached hydrogen (secondary N) is 1. The Balaban J connectivity index is 1.62. The second kappa shape index (κ2) is 11.2. The lowest BCUT2D eigenvalue weighted by Gasteiger charge is -2.17. The number of thiazole rings is 1. The van der Waals surface area contributed by atoms with E-state index in [1.54, 1.807) is 36.0 Å². The highest BCUT2D eigenvalue weighted by molar-refractivity contribution is 7.98. The van der Waals surface area contributed by atoms with Gasteiger partial charge in [-0.3, -0.25) is 4.79 Å². The molecule has 1 atom stereocenters. The summed E-state index contributed by atoms with van der Waals surface area (Å²) in [6, 6.07) is 15.8. The van der Waals surface area contributed by atoms with Crippen molar-refractivity contribution in [3.63, 3.8) is 0 Å². The van der Waals surface area contributed by atoms with Crippen molar-refractivity contribution in [2.45, 2.75) is 19.1 Å². The molecule has 8 heteroatoms. The van der Waals surface area contributed by atoms with E-state index < -0.39 is 17.9 Å². The van der Waals surface area contributed by atoms with Gasteiger partial charge in [0.1, 0.15) is 17.7 Å². The van der Waals surface area contributed by atoms with Crippen molar-refractivity contribution < 1.29 is 14.3 Å². The molecule has 2 aromatic carbocycles. The molecule has 3 rings (SSSR count). The number of benzene rings is 2. The second-order valence-electron chi connectivity index (χ2n) is 6.41. The number of ether oxygens (including phenoxy) is 1. The summed E-state index contributed by atoms with van der Waals surface area (Å²) in [5, 5.41) is 5.82. The zero-order chi connectivity index (χ0) is 21.3. The van der Waals surface area contributed by atoms with Crippen molar-refractivity contribution in [1.82, 2.24) is 10.3 Å². The summed E-state index contributed by atoms with van der Waals surface area (Å²) in [5.74, 6) is -0.181. The van der Waals surface area contributed by atoms with Gasteiger partial charge < -0.3 is 10.1 Å². The van der Waals surface area contributed by atoms with Crippen molar-refractivity contribution >= 4 is 46.6 Å². The van der Waals surface area contributed by atoms with Gasteiger partial charge in [-0.2, -0.15) is 11.8 Å². The minimum Gasteiger partial charge on any atom is -0.458 e. The van der Waals surface area contributed by atoms with Gasteiger partial charge in [-0.15, -0.1) is 11.3 Å². The Labute approximate surface area is 188 Å². The molecule has 0 fully saturated rings. The lowest BCUT2D eigenvalue weighted by molar-refractivity contribution is -0.147. The summed E-state index contributed by atoms with van der Waals surface area (Å²) >= 11 is 9.18. The first kappa shape index (κ1) is 22.3. The van der Waals surface area contributed by atoms with Gasteiger partial charge in [-0.25, -0.2) is 9.78 Å². The van der Waals surface area contributed by atoms with Crippen LogP contribution in [0.3, 0.4) is 0 Å². The summed E-state index contributed by atoms with van der Waals surface area (Å²) in [7, 11) is 0. The fraction of sp³-hybridized carbons (Fsp3) is 0.227. The van der Waals surface area contributed by atoms with Crippen LogP contribution in [0.2, 0.25) is 5.02 Å². The normalized spacial score (nSPS) is 11.7. The zero-order valence-electron chi connectivity index (χ0n) is 16.3. The van der Waals surface area contributed by atoms with Crippen LogP contribution in [0.1, 0.15) is 22.5 Å². The van der Waals surface area contributed by atoms with Crippen molar-refractivity contribution in [3.8, 4) is 10.6 Å². The molecule has 1 N–H and O–H groups in total. The van der Waals surface area contributed by atoms with E-state index in [1.165, 1.54) is 11.3 Å². The molecule has 1 aromatic heterocycles. The molecule has 156 valence electrons. The highest BCUT2D eigenvalue weighted by Crippen LogP contribution is 2.23. The third kappa shape index (κ3) is 6.08. The van der Waals surface area contributed by atoms with E-state index in [-0.39, 0.29) is 6.61 Å². The van der Waals surface area contributed by atoms with Gasteiger partial charge in [-0.05, 0) is 30.6 Å². The van der Waals surface area contributed by atoms with Gasteiger partial charge in [-0.1, -0.05) is 54.1 Å². The largest absolute Gasteiger partial charge is 0.458 e. The predicted octanol–water partition coefficient (Wildman–Crippen LogP) is 5.06. The summed E-state index contributed by atoms with van der Waals surface area (Å²) in [6.45, 7) is 0.0555. The minimum atomic E-state index is -0.756. The molecule has 0 aliphatic heterocycles. The molecule has 5 nitrogen and oxygen atoms in total. The van der Waals surface area contributed by atoms with Gasteiger partial charge in [0.15, 0.2) is 0 Å². The van der Waals surface area contributed by atoms with E-state index >= 15 is 0 Å². The molecule has 0 bridgehead atoms. The number of thioether (sulfide) groups is 1. The van der Waals surface area contributed by atoms with E-state index in [0.29, 0.717) is 28.5 Å². The Morgan fingerprint density at radius 1 is 1.17 bits per heavy atom. The molecule has 30 heavy (non-hydrogen) atoms. The van der Waals surface area contributed by atoms with Crippen LogP contribution in [0.15, 0.2) is 60.0 Å². The van der Waals surface area contributed by atoms with Gasteiger partial charge in [0, 0.05) is 10.9 Å². The van der Waals surface area contributed by atoms with Crippen LogP contribution in [0, 0.1) is 0 Å². The molecule has 0 unspecified atom stereocenters. The maximum Gasteiger partial charge on any atom is 0.329 e. The van der Waals surface area contributed by atoms with Crippen LogP contribution in [0.4, 0.5) is 0 Å². The van der Waals surface area contributed by atoms with Crippen LogP contribution in [0.25, 0.3) is 10.6 Å². The molecule has 0 saturated heterocycles. The smallest absolute Gasteiger partial charge is 0.329 e. The molecular weight excluding hydrogens is 440 g/mol. The van der Waals surface area contributed by atoms with Gasteiger partial charge in [0.2, 0.25) is 0 Å². The average Bonchev–Trinajstić information content (AvgIpc) is 3.25. The molecule has 1 amide bonds. The summed E-state index contributed by atoms with van der Waals surface area (Å²) in [5.41, 5.74) is 2.02. The quantitative estimate of drug-likeness (QED) is 0.452. The maximum atomic E-state index is 12.6. The Morgan fingerprint density at radius 2 is 1.90 bits per heavy atom. The van der Waals surface area contributed by atoms with Crippen LogP contribution in [0.5, 0.6) is 0 Å². The summed E-state index contributed by atoms with van der Waals surface area (Å²) in [6.07, 6.45) is 2.40. The van der Waals surface area contributed by atoms with Gasteiger partial charge >= 0.3 is 5.97 Å². The zero-order valence-corrected chi connectivity index (χ0v) is 18.7. The lowest BCUT2D eigenvalue weighted by Crippen LogP contribution is -2.42. The van der Waals surface area contributed by atoms with E-state index in [1.807, 2.05) is 42.0 Å². The summed E-state index contributed by atoms with van der Waals surface area (Å²) < 4.78 is 5.45. The molecule has 0 spiro atoms. The summed E-state index contributed by atoms with van der Waals surface area (Å²) in [4.78, 5) is 29.7. The molecular formula is C22H21ClN2O3S2. The fourth-order valence-electron chi connectivity index (χ4n) is 2.70. The molecule has 0 radical (unpaired) electrons. The van der Waals surface area contributed by atoms with E-state index in [2.05, 4.69) is 10.3 Å². The highest BCUT2D eigenvalue weighted by atomic mass is 35.5. The van der Waals surface area contributed by atoms with E-state index in [4.69, 9.17) is 16.3 Å². The van der Waals surface area contributed by atoms with Crippen LogP contribution >= 0.6 is 34.7 Å². The third-order valence-corrected chi connectivity index (χ3v) is 6.17. The topological polar surface area (TPSA) is 68.3 Å². The van der Waals surface area contributed by atoms with E-state index in [9.17, 15) is 9.59 Å². The number of hydrogen-bond acceptors (Lipinski definition) is 6. The van der Waals surface area contributed by atoms with Crippen LogP contribution < -0.4 is 5.32 Å². The molecule has 1 heterocycles. The Kier molecular flexibility index (Phi) is 8.30.